The number of rotatable bonds is 8. The lowest BCUT2D eigenvalue weighted by atomic mass is 9.98. The van der Waals surface area contributed by atoms with Crippen molar-refractivity contribution in [2.24, 2.45) is 5.73 Å². The van der Waals surface area contributed by atoms with Gasteiger partial charge in [-0.25, -0.2) is 9.97 Å². The van der Waals surface area contributed by atoms with Crippen molar-refractivity contribution in [3.05, 3.63) is 65.2 Å². The molecular weight excluding hydrogens is 390 g/mol. The Morgan fingerprint density at radius 1 is 1.19 bits per heavy atom. The second-order valence-electron chi connectivity index (χ2n) is 8.05. The average Bonchev–Trinajstić information content (AvgIpc) is 3.24. The summed E-state index contributed by atoms with van der Waals surface area (Å²) in [6.07, 6.45) is 9.67. The highest BCUT2D eigenvalue weighted by molar-refractivity contribution is 5.77. The Kier molecular flexibility index (Phi) is 6.57. The molecule has 0 radical (unpaired) electrons. The Morgan fingerprint density at radius 2 is 1.97 bits per heavy atom. The Hall–Kier alpha value is -3.26. The molecule has 3 heterocycles. The Labute approximate surface area is 182 Å². The number of nitrogens with two attached hydrogens (primary N) is 1. The van der Waals surface area contributed by atoms with Crippen molar-refractivity contribution < 1.29 is 4.79 Å². The van der Waals surface area contributed by atoms with Gasteiger partial charge in [0.25, 0.3) is 0 Å². The molecule has 4 rings (SSSR count). The third-order valence-electron chi connectivity index (χ3n) is 5.73. The average molecular weight is 420 g/mol. The number of aryl methyl sites for hydroxylation is 3. The van der Waals surface area contributed by atoms with E-state index in [1.165, 1.54) is 0 Å². The zero-order valence-corrected chi connectivity index (χ0v) is 17.8. The highest BCUT2D eigenvalue weighted by Gasteiger charge is 2.16. The Balaban J connectivity index is 1.43. The summed E-state index contributed by atoms with van der Waals surface area (Å²) in [6, 6.07) is 8.36. The summed E-state index contributed by atoms with van der Waals surface area (Å²) in [5, 5.41) is 11.2. The maximum absolute atomic E-state index is 11.4. The highest BCUT2D eigenvalue weighted by atomic mass is 16.1. The van der Waals surface area contributed by atoms with Gasteiger partial charge in [-0.1, -0.05) is 24.3 Å². The van der Waals surface area contributed by atoms with Crippen molar-refractivity contribution in [2.45, 2.75) is 45.1 Å². The molecule has 2 aromatic heterocycles. The third-order valence-corrected chi connectivity index (χ3v) is 5.73. The van der Waals surface area contributed by atoms with Gasteiger partial charge in [0.05, 0.1) is 24.3 Å². The molecule has 31 heavy (non-hydrogen) atoms. The van der Waals surface area contributed by atoms with Crippen molar-refractivity contribution in [2.75, 3.05) is 18.4 Å². The van der Waals surface area contributed by atoms with Crippen LogP contribution < -0.4 is 16.4 Å². The van der Waals surface area contributed by atoms with E-state index in [-0.39, 0.29) is 12.3 Å². The first-order chi connectivity index (χ1) is 15.1. The van der Waals surface area contributed by atoms with Crippen LogP contribution in [0.1, 0.15) is 41.3 Å². The van der Waals surface area contributed by atoms with E-state index in [1.807, 2.05) is 54.5 Å². The molecule has 4 N–H and O–H groups in total. The molecule has 0 aliphatic carbocycles. The van der Waals surface area contributed by atoms with E-state index >= 15 is 0 Å². The number of hydrogen-bond acceptors (Lipinski definition) is 6. The van der Waals surface area contributed by atoms with Crippen molar-refractivity contribution in [3.8, 4) is 0 Å². The number of nitrogens with zero attached hydrogens (tertiary/aromatic N) is 4. The molecule has 1 aliphatic rings. The summed E-state index contributed by atoms with van der Waals surface area (Å²) in [5.41, 5.74) is 10.4. The smallest absolute Gasteiger partial charge is 0.227 e. The van der Waals surface area contributed by atoms with Crippen molar-refractivity contribution in [1.29, 1.82) is 0 Å². The van der Waals surface area contributed by atoms with Crippen LogP contribution in [0, 0.1) is 6.92 Å². The molecule has 0 bridgehead atoms. The lowest BCUT2D eigenvalue weighted by Crippen LogP contribution is -2.29. The van der Waals surface area contributed by atoms with E-state index in [0.29, 0.717) is 12.0 Å². The number of nitrogens with one attached hydrogen (secondary N) is 2. The van der Waals surface area contributed by atoms with Crippen LogP contribution in [-0.2, 0) is 24.1 Å². The van der Waals surface area contributed by atoms with Crippen molar-refractivity contribution in [1.82, 2.24) is 25.1 Å². The quantitative estimate of drug-likeness (QED) is 0.517. The van der Waals surface area contributed by atoms with Gasteiger partial charge in [-0.05, 0) is 62.4 Å². The number of amides is 1. The van der Waals surface area contributed by atoms with Crippen LogP contribution in [0.2, 0.25) is 0 Å². The van der Waals surface area contributed by atoms with Gasteiger partial charge in [-0.3, -0.25) is 9.48 Å². The highest BCUT2D eigenvalue weighted by Crippen LogP contribution is 2.21. The van der Waals surface area contributed by atoms with Crippen molar-refractivity contribution in [3.63, 3.8) is 0 Å². The monoisotopic (exact) mass is 419 g/mol. The van der Waals surface area contributed by atoms with E-state index in [0.717, 1.165) is 66.8 Å². The van der Waals surface area contributed by atoms with E-state index in [4.69, 9.17) is 10.7 Å². The second kappa shape index (κ2) is 9.70. The molecule has 8 heteroatoms. The summed E-state index contributed by atoms with van der Waals surface area (Å²) in [7, 11) is 0. The standard InChI is InChI=1S/C23H29N7O/c1-16-13-26-23(28-19-14-27-30(15-19)20-8-10-25-11-9-20)29-21(16)7-6-17-4-2-3-5-18(17)12-22(24)31/h2-5,13-15,20,25H,6-12H2,1H3,(H2,24,31)(H,26,28,29). The first kappa shape index (κ1) is 21.0. The minimum atomic E-state index is -0.317. The summed E-state index contributed by atoms with van der Waals surface area (Å²) in [4.78, 5) is 20.5. The maximum atomic E-state index is 11.4. The molecule has 1 saturated heterocycles. The van der Waals surface area contributed by atoms with Crippen LogP contribution in [0.3, 0.4) is 0 Å². The van der Waals surface area contributed by atoms with Gasteiger partial charge in [0, 0.05) is 18.1 Å². The lowest BCUT2D eigenvalue weighted by molar-refractivity contribution is -0.117. The van der Waals surface area contributed by atoms with Gasteiger partial charge < -0.3 is 16.4 Å². The van der Waals surface area contributed by atoms with E-state index in [9.17, 15) is 4.79 Å². The van der Waals surface area contributed by atoms with Gasteiger partial charge in [-0.15, -0.1) is 0 Å². The number of hydrogen-bond donors (Lipinski definition) is 3. The Morgan fingerprint density at radius 3 is 2.74 bits per heavy atom. The molecule has 162 valence electrons. The number of benzene rings is 1. The van der Waals surface area contributed by atoms with E-state index in [2.05, 4.69) is 20.7 Å². The fourth-order valence-electron chi connectivity index (χ4n) is 4.01. The van der Waals surface area contributed by atoms with E-state index in [1.54, 1.807) is 0 Å². The topological polar surface area (TPSA) is 111 Å². The predicted molar refractivity (Wildman–Crippen MR) is 120 cm³/mol. The SMILES string of the molecule is Cc1cnc(Nc2cnn(C3CCNCC3)c2)nc1CCc1ccccc1CC(N)=O. The number of aromatic nitrogens is 4. The summed E-state index contributed by atoms with van der Waals surface area (Å²) >= 11 is 0. The van der Waals surface area contributed by atoms with Crippen LogP contribution in [-0.4, -0.2) is 38.7 Å². The van der Waals surface area contributed by atoms with Crippen LogP contribution in [0.25, 0.3) is 0 Å². The van der Waals surface area contributed by atoms with Gasteiger partial charge in [0.2, 0.25) is 11.9 Å². The van der Waals surface area contributed by atoms with Gasteiger partial charge in [-0.2, -0.15) is 5.10 Å². The lowest BCUT2D eigenvalue weighted by Gasteiger charge is -2.22. The van der Waals surface area contributed by atoms with E-state index < -0.39 is 0 Å². The number of primary amides is 1. The third kappa shape index (κ3) is 5.46. The maximum Gasteiger partial charge on any atom is 0.227 e. The molecule has 0 saturated carbocycles. The number of carbonyl (C=O) groups is 1. The summed E-state index contributed by atoms with van der Waals surface area (Å²) in [5.74, 6) is 0.248. The van der Waals surface area contributed by atoms with Crippen molar-refractivity contribution >= 4 is 17.5 Å². The first-order valence-electron chi connectivity index (χ1n) is 10.8. The van der Waals surface area contributed by atoms with Gasteiger partial charge in [0.1, 0.15) is 0 Å². The molecule has 8 nitrogen and oxygen atoms in total. The summed E-state index contributed by atoms with van der Waals surface area (Å²) in [6.45, 7) is 4.07. The largest absolute Gasteiger partial charge is 0.369 e. The zero-order valence-electron chi connectivity index (χ0n) is 17.8. The predicted octanol–water partition coefficient (Wildman–Crippen LogP) is 2.46. The second-order valence-corrected chi connectivity index (χ2v) is 8.05. The molecular formula is C23H29N7O. The van der Waals surface area contributed by atoms with Crippen LogP contribution in [0.15, 0.2) is 42.9 Å². The fraction of sp³-hybridized carbons (Fsp3) is 0.391. The zero-order chi connectivity index (χ0) is 21.6. The molecule has 1 fully saturated rings. The molecule has 1 aliphatic heterocycles. The van der Waals surface area contributed by atoms with Crippen LogP contribution in [0.5, 0.6) is 0 Å². The molecule has 0 atom stereocenters. The normalized spacial score (nSPS) is 14.5. The van der Waals surface area contributed by atoms with Crippen LogP contribution in [0.4, 0.5) is 11.6 Å². The summed E-state index contributed by atoms with van der Waals surface area (Å²) < 4.78 is 2.04. The van der Waals surface area contributed by atoms with Gasteiger partial charge >= 0.3 is 0 Å². The van der Waals surface area contributed by atoms with Crippen LogP contribution >= 0.6 is 0 Å². The fourth-order valence-corrected chi connectivity index (χ4v) is 4.01. The minimum Gasteiger partial charge on any atom is -0.369 e. The first-order valence-corrected chi connectivity index (χ1v) is 10.8. The minimum absolute atomic E-state index is 0.257. The molecule has 0 unspecified atom stereocenters. The number of anilines is 2. The molecule has 1 aromatic carbocycles. The van der Waals surface area contributed by atoms with Gasteiger partial charge in [0.15, 0.2) is 0 Å². The number of piperidine rings is 1. The number of carbonyl (C=O) groups excluding carboxylic acids is 1. The molecule has 0 spiro atoms. The molecule has 1 amide bonds. The Bertz CT molecular complexity index is 1040. The molecule has 3 aromatic rings.